The molecule has 8 heteroatoms. The van der Waals surface area contributed by atoms with Crippen LogP contribution in [0.4, 0.5) is 10.5 Å². The number of ether oxygens (including phenoxy) is 1. The molecule has 4 N–H and O–H groups in total. The van der Waals surface area contributed by atoms with Crippen LogP contribution in [-0.2, 0) is 6.61 Å². The van der Waals surface area contributed by atoms with Crippen molar-refractivity contribution < 1.29 is 9.53 Å². The third-order valence-corrected chi connectivity index (χ3v) is 4.08. The van der Waals surface area contributed by atoms with Crippen molar-refractivity contribution in [3.63, 3.8) is 0 Å². The summed E-state index contributed by atoms with van der Waals surface area (Å²) < 4.78 is 6.59. The number of hydrazine groups is 2. The quantitative estimate of drug-likeness (QED) is 0.463. The lowest BCUT2D eigenvalue weighted by Gasteiger charge is -2.24. The Balaban J connectivity index is 2.32. The number of amides is 2. The fraction of sp³-hybridized carbons (Fsp3) is 0.176. The molecule has 0 spiro atoms. The van der Waals surface area contributed by atoms with Gasteiger partial charge in [0.05, 0.1) is 11.3 Å². The first kappa shape index (κ1) is 18.7. The molecule has 0 saturated carbocycles. The maximum absolute atomic E-state index is 12.0. The monoisotopic (exact) mass is 403 g/mol. The van der Waals surface area contributed by atoms with Gasteiger partial charge in [-0.15, -0.1) is 0 Å². The summed E-state index contributed by atoms with van der Waals surface area (Å²) in [5.41, 5.74) is 2.52. The number of carbonyl (C=O) groups excluding carboxylic acids is 1. The number of urea groups is 1. The summed E-state index contributed by atoms with van der Waals surface area (Å²) in [5, 5.41) is 11.1. The summed E-state index contributed by atoms with van der Waals surface area (Å²) in [7, 11) is 1.41. The third-order valence-electron chi connectivity index (χ3n) is 3.59. The molecule has 2 rings (SSSR count). The highest BCUT2D eigenvalue weighted by molar-refractivity contribution is 9.10. The fourth-order valence-electron chi connectivity index (χ4n) is 2.24. The van der Waals surface area contributed by atoms with E-state index in [1.165, 1.54) is 7.05 Å². The first-order valence-electron chi connectivity index (χ1n) is 7.33. The second-order valence-electron chi connectivity index (χ2n) is 5.38. The Morgan fingerprint density at radius 1 is 1.32 bits per heavy atom. The number of nitrogens with two attached hydrogens (primary N) is 2. The maximum Gasteiger partial charge on any atom is 0.352 e. The second kappa shape index (κ2) is 7.98. The van der Waals surface area contributed by atoms with E-state index in [4.69, 9.17) is 16.4 Å². The summed E-state index contributed by atoms with van der Waals surface area (Å²) >= 11 is 3.32. The summed E-state index contributed by atoms with van der Waals surface area (Å²) in [5.74, 6) is 11.8. The molecular weight excluding hydrogens is 386 g/mol. The molecule has 0 aromatic heterocycles. The molecule has 2 amide bonds. The molecule has 0 radical (unpaired) electrons. The summed E-state index contributed by atoms with van der Waals surface area (Å²) in [4.78, 5) is 12.0. The molecule has 0 unspecified atom stereocenters. The van der Waals surface area contributed by atoms with Crippen molar-refractivity contribution in [1.29, 1.82) is 5.26 Å². The zero-order valence-electron chi connectivity index (χ0n) is 13.9. The van der Waals surface area contributed by atoms with Gasteiger partial charge in [0, 0.05) is 17.1 Å². The molecular formula is C17H18BrN5O2. The van der Waals surface area contributed by atoms with E-state index in [9.17, 15) is 10.1 Å². The predicted molar refractivity (Wildman–Crippen MR) is 98.4 cm³/mol. The highest BCUT2D eigenvalue weighted by atomic mass is 79.9. The fourth-order valence-corrected chi connectivity index (χ4v) is 2.60. The molecule has 0 aliphatic rings. The van der Waals surface area contributed by atoms with Crippen LogP contribution in [0.3, 0.4) is 0 Å². The number of nitrogens with zero attached hydrogens (tertiary/aromatic N) is 3. The minimum atomic E-state index is -0.562. The minimum absolute atomic E-state index is 0.146. The number of carbonyl (C=O) groups is 1. The van der Waals surface area contributed by atoms with Crippen LogP contribution in [0.15, 0.2) is 40.9 Å². The van der Waals surface area contributed by atoms with Crippen molar-refractivity contribution >= 4 is 27.6 Å². The zero-order valence-corrected chi connectivity index (χ0v) is 15.4. The Morgan fingerprint density at radius 2 is 2.04 bits per heavy atom. The second-order valence-corrected chi connectivity index (χ2v) is 6.29. The van der Waals surface area contributed by atoms with Crippen molar-refractivity contribution in [3.05, 3.63) is 57.6 Å². The van der Waals surface area contributed by atoms with Gasteiger partial charge in [-0.1, -0.05) is 28.1 Å². The maximum atomic E-state index is 12.0. The lowest BCUT2D eigenvalue weighted by molar-refractivity contribution is 0.216. The average Bonchev–Trinajstić information content (AvgIpc) is 2.59. The highest BCUT2D eigenvalue weighted by Crippen LogP contribution is 2.27. The van der Waals surface area contributed by atoms with Gasteiger partial charge in [-0.3, -0.25) is 5.01 Å². The van der Waals surface area contributed by atoms with Crippen LogP contribution in [0.25, 0.3) is 0 Å². The van der Waals surface area contributed by atoms with Crippen molar-refractivity contribution in [3.8, 4) is 11.8 Å². The Morgan fingerprint density at radius 3 is 2.68 bits per heavy atom. The summed E-state index contributed by atoms with van der Waals surface area (Å²) in [6.45, 7) is 2.03. The topological polar surface area (TPSA) is 109 Å². The highest BCUT2D eigenvalue weighted by Gasteiger charge is 2.19. The Kier molecular flexibility index (Phi) is 5.98. The van der Waals surface area contributed by atoms with Gasteiger partial charge in [0.1, 0.15) is 18.4 Å². The molecule has 130 valence electrons. The summed E-state index contributed by atoms with van der Waals surface area (Å²) in [6, 6.07) is 12.1. The minimum Gasteiger partial charge on any atom is -0.487 e. The zero-order chi connectivity index (χ0) is 18.6. The van der Waals surface area contributed by atoms with E-state index < -0.39 is 6.03 Å². The number of anilines is 1. The Hall–Kier alpha value is -2.60. The van der Waals surface area contributed by atoms with Crippen LogP contribution in [0.2, 0.25) is 0 Å². The van der Waals surface area contributed by atoms with E-state index in [-0.39, 0.29) is 6.61 Å². The normalized spacial score (nSPS) is 10.1. The number of hydrogen-bond donors (Lipinski definition) is 2. The molecule has 0 heterocycles. The smallest absolute Gasteiger partial charge is 0.352 e. The van der Waals surface area contributed by atoms with Crippen LogP contribution in [0, 0.1) is 18.3 Å². The van der Waals surface area contributed by atoms with E-state index in [0.29, 0.717) is 17.0 Å². The standard InChI is InChI=1S/C17H18BrN5O2/c1-11-4-3-5-15(23(21)17(24)22(2)20)14(11)10-25-16-7-6-13(18)8-12(16)9-19/h3-8H,10,20-21H2,1-2H3. The predicted octanol–water partition coefficient (Wildman–Crippen LogP) is 2.81. The van der Waals surface area contributed by atoms with E-state index >= 15 is 0 Å². The van der Waals surface area contributed by atoms with Crippen LogP contribution in [-0.4, -0.2) is 18.1 Å². The first-order chi connectivity index (χ1) is 11.8. The molecule has 25 heavy (non-hydrogen) atoms. The molecule has 0 atom stereocenters. The largest absolute Gasteiger partial charge is 0.487 e. The van der Waals surface area contributed by atoms with E-state index in [0.717, 1.165) is 25.6 Å². The molecule has 0 fully saturated rings. The third kappa shape index (κ3) is 4.28. The van der Waals surface area contributed by atoms with Crippen LogP contribution >= 0.6 is 15.9 Å². The van der Waals surface area contributed by atoms with Crippen molar-refractivity contribution in [2.24, 2.45) is 11.7 Å². The van der Waals surface area contributed by atoms with Gasteiger partial charge < -0.3 is 4.74 Å². The molecule has 0 aliphatic carbocycles. The molecule has 0 bridgehead atoms. The Labute approximate surface area is 154 Å². The van der Waals surface area contributed by atoms with Crippen molar-refractivity contribution in [2.45, 2.75) is 13.5 Å². The van der Waals surface area contributed by atoms with Gasteiger partial charge in [0.2, 0.25) is 0 Å². The number of hydrogen-bond acceptors (Lipinski definition) is 5. The van der Waals surface area contributed by atoms with Gasteiger partial charge in [-0.05, 0) is 36.8 Å². The van der Waals surface area contributed by atoms with Gasteiger partial charge >= 0.3 is 6.03 Å². The molecule has 0 aliphatic heterocycles. The Bertz CT molecular complexity index is 832. The van der Waals surface area contributed by atoms with E-state index in [1.54, 1.807) is 30.3 Å². The molecule has 7 nitrogen and oxygen atoms in total. The van der Waals surface area contributed by atoms with Gasteiger partial charge in [0.15, 0.2) is 0 Å². The van der Waals surface area contributed by atoms with Crippen molar-refractivity contribution in [2.75, 3.05) is 12.1 Å². The lowest BCUT2D eigenvalue weighted by Crippen LogP contribution is -2.49. The van der Waals surface area contributed by atoms with Gasteiger partial charge in [0.25, 0.3) is 0 Å². The molecule has 2 aromatic carbocycles. The average molecular weight is 404 g/mol. The first-order valence-corrected chi connectivity index (χ1v) is 8.12. The molecule has 0 saturated heterocycles. The van der Waals surface area contributed by atoms with Crippen LogP contribution in [0.1, 0.15) is 16.7 Å². The lowest BCUT2D eigenvalue weighted by atomic mass is 10.1. The van der Waals surface area contributed by atoms with E-state index in [1.807, 2.05) is 13.0 Å². The van der Waals surface area contributed by atoms with E-state index in [2.05, 4.69) is 22.0 Å². The van der Waals surface area contributed by atoms with Crippen molar-refractivity contribution in [1.82, 2.24) is 5.01 Å². The van der Waals surface area contributed by atoms with Crippen LogP contribution in [0.5, 0.6) is 5.75 Å². The SMILES string of the molecule is Cc1cccc(N(N)C(=O)N(C)N)c1COc1ccc(Br)cc1C#N. The van der Waals surface area contributed by atoms with Gasteiger partial charge in [-0.2, -0.15) is 5.26 Å². The number of halogens is 1. The number of aryl methyl sites for hydroxylation is 1. The van der Waals surface area contributed by atoms with Gasteiger partial charge in [-0.25, -0.2) is 21.5 Å². The summed E-state index contributed by atoms with van der Waals surface area (Å²) in [6.07, 6.45) is 0. The molecule has 2 aromatic rings. The van der Waals surface area contributed by atoms with Crippen LogP contribution < -0.4 is 21.4 Å². The number of nitriles is 1. The number of benzene rings is 2. The number of rotatable bonds is 4.